The Hall–Kier alpha value is -1.51. The topological polar surface area (TPSA) is 43.1 Å². The van der Waals surface area contributed by atoms with Crippen LogP contribution in [0.2, 0.25) is 10.0 Å². The number of benzene rings is 1. The predicted molar refractivity (Wildman–Crippen MR) is 92.5 cm³/mol. The van der Waals surface area contributed by atoms with Gasteiger partial charge >= 0.3 is 11.9 Å². The van der Waals surface area contributed by atoms with Crippen molar-refractivity contribution in [3.63, 3.8) is 0 Å². The molecule has 1 aliphatic rings. The predicted octanol–water partition coefficient (Wildman–Crippen LogP) is 3.74. The summed E-state index contributed by atoms with van der Waals surface area (Å²) in [5.74, 6) is -1.17. The lowest BCUT2D eigenvalue weighted by atomic mass is 10.0. The summed E-state index contributed by atoms with van der Waals surface area (Å²) in [4.78, 5) is 14.3. The molecule has 26 heavy (non-hydrogen) atoms. The Balaban J connectivity index is 1.67. The second kappa shape index (κ2) is 7.25. The van der Waals surface area contributed by atoms with Gasteiger partial charge in [-0.1, -0.05) is 29.3 Å². The van der Waals surface area contributed by atoms with E-state index in [0.717, 1.165) is 17.3 Å². The average Bonchev–Trinajstić information content (AvgIpc) is 2.88. The van der Waals surface area contributed by atoms with E-state index < -0.39 is 17.7 Å². The third-order valence-electron chi connectivity index (χ3n) is 4.55. The quantitative estimate of drug-likeness (QED) is 0.776. The molecule has 2 heterocycles. The van der Waals surface area contributed by atoms with Gasteiger partial charge in [0.1, 0.15) is 0 Å². The second-order valence-electron chi connectivity index (χ2n) is 6.36. The van der Waals surface area contributed by atoms with Crippen LogP contribution in [0.15, 0.2) is 23.0 Å². The molecule has 0 radical (unpaired) electrons. The van der Waals surface area contributed by atoms with Crippen molar-refractivity contribution in [2.24, 2.45) is 7.05 Å². The molecule has 0 N–H and O–H groups in total. The molecule has 10 heteroatoms. The molecule has 3 rings (SSSR count). The molecule has 0 spiro atoms. The van der Waals surface area contributed by atoms with Crippen LogP contribution in [0, 0.1) is 0 Å². The summed E-state index contributed by atoms with van der Waals surface area (Å²) in [5, 5.41) is 4.50. The normalized spacial score (nSPS) is 17.0. The SMILES string of the molecule is Cn1c(C(F)(F)F)nn(C2CCN(Cc3ccc(Cl)c(Cl)c3)CC2)c1=O. The highest BCUT2D eigenvalue weighted by Gasteiger charge is 2.39. The van der Waals surface area contributed by atoms with Crippen LogP contribution in [0.3, 0.4) is 0 Å². The van der Waals surface area contributed by atoms with Gasteiger partial charge in [0, 0.05) is 26.7 Å². The number of piperidine rings is 1. The lowest BCUT2D eigenvalue weighted by Gasteiger charge is -2.31. The van der Waals surface area contributed by atoms with Gasteiger partial charge in [-0.15, -0.1) is 5.10 Å². The minimum absolute atomic E-state index is 0.338. The van der Waals surface area contributed by atoms with E-state index in [0.29, 0.717) is 47.1 Å². The van der Waals surface area contributed by atoms with Crippen molar-refractivity contribution in [3.05, 3.63) is 50.1 Å². The highest BCUT2D eigenvalue weighted by Crippen LogP contribution is 2.29. The fourth-order valence-electron chi connectivity index (χ4n) is 3.16. The minimum atomic E-state index is -4.65. The summed E-state index contributed by atoms with van der Waals surface area (Å²) in [7, 11) is 1.09. The van der Waals surface area contributed by atoms with E-state index in [1.165, 1.54) is 0 Å². The molecule has 1 saturated heterocycles. The number of aromatic nitrogens is 3. The van der Waals surface area contributed by atoms with Crippen molar-refractivity contribution in [2.45, 2.75) is 31.6 Å². The van der Waals surface area contributed by atoms with Crippen LogP contribution in [0.5, 0.6) is 0 Å². The first-order valence-corrected chi connectivity index (χ1v) is 8.81. The Bertz CT molecular complexity index is 854. The van der Waals surface area contributed by atoms with Gasteiger partial charge in [-0.25, -0.2) is 9.48 Å². The van der Waals surface area contributed by atoms with Crippen molar-refractivity contribution >= 4 is 23.2 Å². The van der Waals surface area contributed by atoms with Gasteiger partial charge in [0.25, 0.3) is 0 Å². The molecule has 1 aromatic carbocycles. The van der Waals surface area contributed by atoms with Crippen LogP contribution >= 0.6 is 23.2 Å². The molecule has 0 aliphatic carbocycles. The molecule has 0 saturated carbocycles. The summed E-state index contributed by atoms with van der Waals surface area (Å²) in [6.07, 6.45) is -3.54. The summed E-state index contributed by atoms with van der Waals surface area (Å²) < 4.78 is 40.3. The van der Waals surface area contributed by atoms with Crippen LogP contribution < -0.4 is 5.69 Å². The molecule has 0 atom stereocenters. The number of rotatable bonds is 3. The van der Waals surface area contributed by atoms with E-state index in [2.05, 4.69) is 10.00 Å². The van der Waals surface area contributed by atoms with Crippen LogP contribution in [0.1, 0.15) is 30.3 Å². The molecule has 1 aromatic heterocycles. The van der Waals surface area contributed by atoms with Crippen molar-refractivity contribution in [1.82, 2.24) is 19.2 Å². The Labute approximate surface area is 157 Å². The molecule has 0 unspecified atom stereocenters. The zero-order valence-corrected chi connectivity index (χ0v) is 15.4. The molecular formula is C16H17Cl2F3N4O. The smallest absolute Gasteiger partial charge is 0.299 e. The molecule has 0 amide bonds. The van der Waals surface area contributed by atoms with Gasteiger partial charge in [-0.2, -0.15) is 13.2 Å². The van der Waals surface area contributed by atoms with Crippen LogP contribution in [0.25, 0.3) is 0 Å². The number of nitrogens with zero attached hydrogens (tertiary/aromatic N) is 4. The lowest BCUT2D eigenvalue weighted by molar-refractivity contribution is -0.147. The first-order chi connectivity index (χ1) is 12.2. The van der Waals surface area contributed by atoms with Gasteiger partial charge in [-0.05, 0) is 30.5 Å². The largest absolute Gasteiger partial charge is 0.451 e. The van der Waals surface area contributed by atoms with Gasteiger partial charge in [0.05, 0.1) is 16.1 Å². The second-order valence-corrected chi connectivity index (χ2v) is 7.18. The van der Waals surface area contributed by atoms with Crippen molar-refractivity contribution in [2.75, 3.05) is 13.1 Å². The molecular weight excluding hydrogens is 392 g/mol. The van der Waals surface area contributed by atoms with Crippen molar-refractivity contribution in [1.29, 1.82) is 0 Å². The number of halogens is 5. The third kappa shape index (κ3) is 3.92. The zero-order valence-electron chi connectivity index (χ0n) is 13.9. The molecule has 5 nitrogen and oxygen atoms in total. The highest BCUT2D eigenvalue weighted by molar-refractivity contribution is 6.42. The molecule has 142 valence electrons. The maximum Gasteiger partial charge on any atom is 0.451 e. The Morgan fingerprint density at radius 2 is 1.85 bits per heavy atom. The van der Waals surface area contributed by atoms with E-state index in [1.807, 2.05) is 6.07 Å². The summed E-state index contributed by atoms with van der Waals surface area (Å²) in [5.41, 5.74) is 0.271. The maximum atomic E-state index is 12.9. The molecule has 2 aromatic rings. The molecule has 0 bridgehead atoms. The summed E-state index contributed by atoms with van der Waals surface area (Å²) in [6.45, 7) is 1.96. The number of likely N-dealkylation sites (tertiary alicyclic amines) is 1. The van der Waals surface area contributed by atoms with Gasteiger partial charge in [-0.3, -0.25) is 9.47 Å². The number of alkyl halides is 3. The fraction of sp³-hybridized carbons (Fsp3) is 0.500. The first kappa shape index (κ1) is 19.3. The fourth-order valence-corrected chi connectivity index (χ4v) is 3.48. The van der Waals surface area contributed by atoms with Gasteiger partial charge in [0.2, 0.25) is 5.82 Å². The van der Waals surface area contributed by atoms with E-state index in [9.17, 15) is 18.0 Å². The minimum Gasteiger partial charge on any atom is -0.299 e. The van der Waals surface area contributed by atoms with Gasteiger partial charge < -0.3 is 0 Å². The first-order valence-electron chi connectivity index (χ1n) is 8.06. The standard InChI is InChI=1S/C16H17Cl2F3N4O/c1-23-14(16(19,20)21)22-25(15(23)26)11-4-6-24(7-5-11)9-10-2-3-12(17)13(18)8-10/h2-3,8,11H,4-7,9H2,1H3. The maximum absolute atomic E-state index is 12.9. The van der Waals surface area contributed by atoms with Crippen molar-refractivity contribution in [3.8, 4) is 0 Å². The molecule has 1 aliphatic heterocycles. The van der Waals surface area contributed by atoms with Crippen LogP contribution in [-0.4, -0.2) is 32.3 Å². The summed E-state index contributed by atoms with van der Waals surface area (Å²) >= 11 is 11.9. The van der Waals surface area contributed by atoms with E-state index >= 15 is 0 Å². The zero-order chi connectivity index (χ0) is 19.1. The van der Waals surface area contributed by atoms with Gasteiger partial charge in [0.15, 0.2) is 0 Å². The monoisotopic (exact) mass is 408 g/mol. The number of hydrogen-bond acceptors (Lipinski definition) is 3. The Kier molecular flexibility index (Phi) is 5.37. The Morgan fingerprint density at radius 3 is 2.38 bits per heavy atom. The average molecular weight is 409 g/mol. The summed E-state index contributed by atoms with van der Waals surface area (Å²) in [6, 6.07) is 5.08. The van der Waals surface area contributed by atoms with E-state index in [4.69, 9.17) is 23.2 Å². The molecule has 1 fully saturated rings. The van der Waals surface area contributed by atoms with Crippen molar-refractivity contribution < 1.29 is 13.2 Å². The number of hydrogen-bond donors (Lipinski definition) is 0. The Morgan fingerprint density at radius 1 is 1.19 bits per heavy atom. The van der Waals surface area contributed by atoms with Crippen LogP contribution in [0.4, 0.5) is 13.2 Å². The lowest BCUT2D eigenvalue weighted by Crippen LogP contribution is -2.37. The highest BCUT2D eigenvalue weighted by atomic mass is 35.5. The van der Waals surface area contributed by atoms with Crippen LogP contribution in [-0.2, 0) is 19.8 Å². The third-order valence-corrected chi connectivity index (χ3v) is 5.29. The van der Waals surface area contributed by atoms with E-state index in [-0.39, 0.29) is 6.04 Å². The van der Waals surface area contributed by atoms with E-state index in [1.54, 1.807) is 12.1 Å².